The van der Waals surface area contributed by atoms with E-state index in [-0.39, 0.29) is 23.7 Å². The van der Waals surface area contributed by atoms with Crippen LogP contribution in [0.3, 0.4) is 0 Å². The third-order valence-electron chi connectivity index (χ3n) is 5.56. The van der Waals surface area contributed by atoms with Crippen LogP contribution in [-0.4, -0.2) is 50.9 Å². The highest BCUT2D eigenvalue weighted by Gasteiger charge is 2.56. The number of rotatable bonds is 7. The summed E-state index contributed by atoms with van der Waals surface area (Å²) in [5, 5.41) is 7.15. The molecular weight excluding hydrogens is 384 g/mol. The topological polar surface area (TPSA) is 128 Å². The standard InChI is InChI=1S/C20H24N8O2/c1-11(2)29-10-15-13-8-28(9-14(13)15)20-25-17(27-30-20)16-23-18(21)26-19(24-16)22-12-6-4-3-5-7-12/h3-7,11,13-15H,8-10H2,1-2H3,(H3,21,22,23,24,26)/t13-,14+,15+. The first kappa shape index (κ1) is 18.7. The van der Waals surface area contributed by atoms with Gasteiger partial charge in [-0.1, -0.05) is 23.4 Å². The van der Waals surface area contributed by atoms with Crippen molar-refractivity contribution in [3.63, 3.8) is 0 Å². The second kappa shape index (κ2) is 7.52. The smallest absolute Gasteiger partial charge is 0.324 e. The molecule has 0 unspecified atom stereocenters. The first-order valence-electron chi connectivity index (χ1n) is 10.1. The summed E-state index contributed by atoms with van der Waals surface area (Å²) in [6, 6.07) is 10.1. The maximum atomic E-state index is 5.86. The van der Waals surface area contributed by atoms with Crippen LogP contribution < -0.4 is 16.0 Å². The number of nitrogens with zero attached hydrogens (tertiary/aromatic N) is 6. The Hall–Kier alpha value is -3.27. The van der Waals surface area contributed by atoms with Crippen molar-refractivity contribution in [1.29, 1.82) is 0 Å². The maximum Gasteiger partial charge on any atom is 0.324 e. The first-order chi connectivity index (χ1) is 14.6. The maximum absolute atomic E-state index is 5.86. The molecule has 2 fully saturated rings. The fourth-order valence-electron chi connectivity index (χ4n) is 3.99. The van der Waals surface area contributed by atoms with Crippen LogP contribution in [0.2, 0.25) is 0 Å². The average Bonchev–Trinajstić information content (AvgIpc) is 3.09. The Kier molecular flexibility index (Phi) is 4.70. The fraction of sp³-hybridized carbons (Fsp3) is 0.450. The van der Waals surface area contributed by atoms with Crippen molar-refractivity contribution >= 4 is 23.6 Å². The van der Waals surface area contributed by atoms with Crippen molar-refractivity contribution in [3.05, 3.63) is 30.3 Å². The minimum absolute atomic E-state index is 0.0835. The molecule has 1 saturated carbocycles. The summed E-state index contributed by atoms with van der Waals surface area (Å²) in [5.74, 6) is 2.87. The number of nitrogen functional groups attached to an aromatic ring is 1. The van der Waals surface area contributed by atoms with Crippen molar-refractivity contribution in [1.82, 2.24) is 25.1 Å². The molecule has 1 aromatic carbocycles. The number of aromatic nitrogens is 5. The van der Waals surface area contributed by atoms with Crippen LogP contribution in [0.15, 0.2) is 34.9 Å². The lowest BCUT2D eigenvalue weighted by molar-refractivity contribution is 0.0652. The van der Waals surface area contributed by atoms with Crippen LogP contribution >= 0.6 is 0 Å². The van der Waals surface area contributed by atoms with Crippen molar-refractivity contribution in [2.75, 3.05) is 35.6 Å². The minimum Gasteiger partial charge on any atom is -0.378 e. The first-order valence-corrected chi connectivity index (χ1v) is 10.1. The van der Waals surface area contributed by atoms with E-state index in [1.807, 2.05) is 30.3 Å². The quantitative estimate of drug-likeness (QED) is 0.601. The minimum atomic E-state index is 0.0835. The van der Waals surface area contributed by atoms with Crippen LogP contribution in [-0.2, 0) is 4.74 Å². The van der Waals surface area contributed by atoms with E-state index in [0.717, 1.165) is 25.4 Å². The normalized spacial score (nSPS) is 22.4. The summed E-state index contributed by atoms with van der Waals surface area (Å²) in [6.07, 6.45) is 0.273. The van der Waals surface area contributed by atoms with E-state index >= 15 is 0 Å². The van der Waals surface area contributed by atoms with Gasteiger partial charge in [-0.25, -0.2) is 0 Å². The van der Waals surface area contributed by atoms with Crippen LogP contribution in [0.25, 0.3) is 11.6 Å². The van der Waals surface area contributed by atoms with Gasteiger partial charge in [-0.2, -0.15) is 19.9 Å². The average molecular weight is 408 g/mol. The lowest BCUT2D eigenvalue weighted by Gasteiger charge is -2.17. The molecule has 0 amide bonds. The van der Waals surface area contributed by atoms with E-state index in [2.05, 4.69) is 49.2 Å². The zero-order chi connectivity index (χ0) is 20.7. The Morgan fingerprint density at radius 1 is 1.10 bits per heavy atom. The number of hydrogen-bond acceptors (Lipinski definition) is 10. The zero-order valence-corrected chi connectivity index (χ0v) is 16.9. The van der Waals surface area contributed by atoms with E-state index < -0.39 is 0 Å². The molecule has 3 atom stereocenters. The number of ether oxygens (including phenoxy) is 1. The Bertz CT molecular complexity index is 1010. The SMILES string of the molecule is CC(C)OC[C@@H]1[C@H]2CN(c3nc(-c4nc(N)nc(Nc5ccccc5)n4)no3)C[C@@H]12. The van der Waals surface area contributed by atoms with E-state index in [1.54, 1.807) is 0 Å². The number of piperidine rings is 1. The van der Waals surface area contributed by atoms with Gasteiger partial charge in [-0.15, -0.1) is 0 Å². The molecule has 1 aliphatic carbocycles. The summed E-state index contributed by atoms with van der Waals surface area (Å²) < 4.78 is 11.2. The molecule has 10 nitrogen and oxygen atoms in total. The molecule has 3 aromatic rings. The van der Waals surface area contributed by atoms with Crippen molar-refractivity contribution in [2.45, 2.75) is 20.0 Å². The molecule has 5 rings (SSSR count). The molecule has 2 aromatic heterocycles. The Balaban J connectivity index is 1.26. The highest BCUT2D eigenvalue weighted by Crippen LogP contribution is 2.52. The summed E-state index contributed by atoms with van der Waals surface area (Å²) in [6.45, 7) is 6.77. The van der Waals surface area contributed by atoms with Gasteiger partial charge in [0.2, 0.25) is 23.5 Å². The molecule has 2 aliphatic rings. The number of benzene rings is 1. The van der Waals surface area contributed by atoms with Crippen LogP contribution in [0, 0.1) is 17.8 Å². The third kappa shape index (κ3) is 3.78. The van der Waals surface area contributed by atoms with Gasteiger partial charge in [0.15, 0.2) is 0 Å². The second-order valence-corrected chi connectivity index (χ2v) is 8.01. The van der Waals surface area contributed by atoms with Crippen molar-refractivity contribution in [3.8, 4) is 11.6 Å². The zero-order valence-electron chi connectivity index (χ0n) is 16.9. The Labute approximate surface area is 173 Å². The molecule has 10 heteroatoms. The van der Waals surface area contributed by atoms with E-state index in [1.165, 1.54) is 0 Å². The third-order valence-corrected chi connectivity index (χ3v) is 5.56. The molecule has 3 heterocycles. The monoisotopic (exact) mass is 408 g/mol. The van der Waals surface area contributed by atoms with Gasteiger partial charge in [0.1, 0.15) is 0 Å². The van der Waals surface area contributed by atoms with E-state index in [0.29, 0.717) is 29.7 Å². The number of nitrogens with two attached hydrogens (primary N) is 1. The lowest BCUT2D eigenvalue weighted by atomic mass is 10.3. The summed E-state index contributed by atoms with van der Waals surface area (Å²) >= 11 is 0. The van der Waals surface area contributed by atoms with Gasteiger partial charge in [-0.05, 0) is 43.7 Å². The van der Waals surface area contributed by atoms with Gasteiger partial charge in [-0.3, -0.25) is 0 Å². The van der Waals surface area contributed by atoms with Gasteiger partial charge in [0.25, 0.3) is 0 Å². The van der Waals surface area contributed by atoms with Crippen LogP contribution in [0.4, 0.5) is 23.6 Å². The van der Waals surface area contributed by atoms with Gasteiger partial charge >= 0.3 is 6.01 Å². The second-order valence-electron chi connectivity index (χ2n) is 8.01. The van der Waals surface area contributed by atoms with Gasteiger partial charge < -0.3 is 25.2 Å². The molecule has 0 spiro atoms. The molecule has 3 N–H and O–H groups in total. The predicted octanol–water partition coefficient (Wildman–Crippen LogP) is 2.35. The lowest BCUT2D eigenvalue weighted by Crippen LogP contribution is -2.25. The number of nitrogens with one attached hydrogen (secondary N) is 1. The van der Waals surface area contributed by atoms with Crippen molar-refractivity contribution < 1.29 is 9.26 Å². The highest BCUT2D eigenvalue weighted by molar-refractivity contribution is 5.57. The van der Waals surface area contributed by atoms with Crippen LogP contribution in [0.1, 0.15) is 13.8 Å². The fourth-order valence-corrected chi connectivity index (χ4v) is 3.99. The molecule has 30 heavy (non-hydrogen) atoms. The highest BCUT2D eigenvalue weighted by atomic mass is 16.5. The van der Waals surface area contributed by atoms with Gasteiger partial charge in [0.05, 0.1) is 12.7 Å². The van der Waals surface area contributed by atoms with Crippen molar-refractivity contribution in [2.24, 2.45) is 17.8 Å². The van der Waals surface area contributed by atoms with E-state index in [9.17, 15) is 0 Å². The Morgan fingerprint density at radius 2 is 1.87 bits per heavy atom. The number of hydrogen-bond donors (Lipinski definition) is 2. The number of fused-ring (bicyclic) bond motifs is 1. The largest absolute Gasteiger partial charge is 0.378 e. The molecular formula is C20H24N8O2. The predicted molar refractivity (Wildman–Crippen MR) is 111 cm³/mol. The molecule has 156 valence electrons. The molecule has 0 bridgehead atoms. The van der Waals surface area contributed by atoms with E-state index in [4.69, 9.17) is 15.0 Å². The Morgan fingerprint density at radius 3 is 2.60 bits per heavy atom. The number of anilines is 4. The molecule has 1 aliphatic heterocycles. The molecule has 0 radical (unpaired) electrons. The summed E-state index contributed by atoms with van der Waals surface area (Å²) in [4.78, 5) is 19.3. The summed E-state index contributed by atoms with van der Waals surface area (Å²) in [7, 11) is 0. The summed E-state index contributed by atoms with van der Waals surface area (Å²) in [5.41, 5.74) is 6.70. The van der Waals surface area contributed by atoms with Crippen LogP contribution in [0.5, 0.6) is 0 Å². The molecule has 1 saturated heterocycles. The van der Waals surface area contributed by atoms with Gasteiger partial charge in [0, 0.05) is 18.8 Å². The number of para-hydroxylation sites is 1.